The molecule has 1 aliphatic rings. The Morgan fingerprint density at radius 3 is 2.45 bits per heavy atom. The minimum absolute atomic E-state index is 0.307. The average molecular weight is 266 g/mol. The lowest BCUT2D eigenvalue weighted by Crippen LogP contribution is -2.30. The molecule has 0 unspecified atom stereocenters. The fourth-order valence-corrected chi connectivity index (χ4v) is 2.56. The van der Waals surface area contributed by atoms with E-state index in [4.69, 9.17) is 5.73 Å². The van der Waals surface area contributed by atoms with E-state index < -0.39 is 0 Å². The molecule has 2 amide bonds. The van der Waals surface area contributed by atoms with E-state index in [1.54, 1.807) is 24.3 Å². The van der Waals surface area contributed by atoms with Crippen LogP contribution in [0.3, 0.4) is 0 Å². The van der Waals surface area contributed by atoms with Gasteiger partial charge in [-0.1, -0.05) is 31.2 Å². The minimum Gasteiger partial charge on any atom is -0.398 e. The maximum Gasteiger partial charge on any atom is 0.268 e. The van der Waals surface area contributed by atoms with Gasteiger partial charge in [0.25, 0.3) is 11.8 Å². The highest BCUT2D eigenvalue weighted by atomic mass is 16.2. The number of nitrogen functional groups attached to an aromatic ring is 1. The molecule has 4 nitrogen and oxygen atoms in total. The molecule has 2 aromatic carbocycles. The summed E-state index contributed by atoms with van der Waals surface area (Å²) in [5.41, 5.74) is 8.46. The van der Waals surface area contributed by atoms with Crippen LogP contribution in [0.5, 0.6) is 0 Å². The second-order valence-corrected chi connectivity index (χ2v) is 4.70. The van der Waals surface area contributed by atoms with Crippen molar-refractivity contribution < 1.29 is 9.59 Å². The number of hydrogen-bond acceptors (Lipinski definition) is 3. The normalized spacial score (nSPS) is 13.8. The topological polar surface area (TPSA) is 63.4 Å². The Morgan fingerprint density at radius 1 is 1.00 bits per heavy atom. The molecule has 4 heteroatoms. The van der Waals surface area contributed by atoms with Gasteiger partial charge < -0.3 is 5.73 Å². The first kappa shape index (κ1) is 12.4. The van der Waals surface area contributed by atoms with Crippen LogP contribution in [-0.2, 0) is 6.42 Å². The van der Waals surface area contributed by atoms with Crippen LogP contribution in [0.15, 0.2) is 42.5 Å². The van der Waals surface area contributed by atoms with Gasteiger partial charge in [0.1, 0.15) is 0 Å². The number of rotatable bonds is 2. The summed E-state index contributed by atoms with van der Waals surface area (Å²) in [6.07, 6.45) is 0.749. The predicted octanol–water partition coefficient (Wildman–Crippen LogP) is 2.63. The first-order chi connectivity index (χ1) is 9.65. The largest absolute Gasteiger partial charge is 0.398 e. The summed E-state index contributed by atoms with van der Waals surface area (Å²) in [5.74, 6) is -0.651. The van der Waals surface area contributed by atoms with Gasteiger partial charge in [-0.2, -0.15) is 0 Å². The Morgan fingerprint density at radius 2 is 1.75 bits per heavy atom. The molecule has 1 heterocycles. The Kier molecular flexibility index (Phi) is 2.79. The van der Waals surface area contributed by atoms with Gasteiger partial charge in [0.15, 0.2) is 0 Å². The van der Waals surface area contributed by atoms with Crippen molar-refractivity contribution in [3.8, 4) is 0 Å². The summed E-state index contributed by atoms with van der Waals surface area (Å²) < 4.78 is 0. The van der Waals surface area contributed by atoms with E-state index in [-0.39, 0.29) is 11.8 Å². The van der Waals surface area contributed by atoms with E-state index >= 15 is 0 Å². The zero-order valence-electron chi connectivity index (χ0n) is 11.1. The number of amides is 2. The van der Waals surface area contributed by atoms with E-state index in [1.165, 1.54) is 4.90 Å². The lowest BCUT2D eigenvalue weighted by atomic mass is 10.1. The van der Waals surface area contributed by atoms with Gasteiger partial charge in [0.05, 0.1) is 16.8 Å². The van der Waals surface area contributed by atoms with Crippen LogP contribution in [0.2, 0.25) is 0 Å². The van der Waals surface area contributed by atoms with Gasteiger partial charge >= 0.3 is 0 Å². The van der Waals surface area contributed by atoms with Crippen LogP contribution in [-0.4, -0.2) is 11.8 Å². The van der Waals surface area contributed by atoms with Crippen molar-refractivity contribution in [1.29, 1.82) is 0 Å². The molecule has 0 aliphatic carbocycles. The summed E-state index contributed by atoms with van der Waals surface area (Å²) in [5, 5.41) is 0. The third-order valence-corrected chi connectivity index (χ3v) is 3.56. The molecule has 2 N–H and O–H groups in total. The van der Waals surface area contributed by atoms with Crippen LogP contribution in [0.4, 0.5) is 11.4 Å². The summed E-state index contributed by atoms with van der Waals surface area (Å²) >= 11 is 0. The molecule has 0 fully saturated rings. The Bertz CT molecular complexity index is 722. The highest BCUT2D eigenvalue weighted by Gasteiger charge is 2.38. The smallest absolute Gasteiger partial charge is 0.268 e. The zero-order chi connectivity index (χ0) is 14.3. The van der Waals surface area contributed by atoms with Gasteiger partial charge in [-0.05, 0) is 30.2 Å². The first-order valence-corrected chi connectivity index (χ1v) is 6.50. The second-order valence-electron chi connectivity index (χ2n) is 4.70. The Hall–Kier alpha value is -2.62. The van der Waals surface area contributed by atoms with E-state index in [0.717, 1.165) is 12.0 Å². The highest BCUT2D eigenvalue weighted by Crippen LogP contribution is 2.33. The predicted molar refractivity (Wildman–Crippen MR) is 77.8 cm³/mol. The molecule has 20 heavy (non-hydrogen) atoms. The number of aryl methyl sites for hydroxylation is 1. The van der Waals surface area contributed by atoms with E-state index in [2.05, 4.69) is 0 Å². The zero-order valence-corrected chi connectivity index (χ0v) is 11.1. The van der Waals surface area contributed by atoms with Crippen LogP contribution in [0.25, 0.3) is 0 Å². The third-order valence-electron chi connectivity index (χ3n) is 3.56. The molecular weight excluding hydrogens is 252 g/mol. The Labute approximate surface area is 116 Å². The van der Waals surface area contributed by atoms with E-state index in [9.17, 15) is 9.59 Å². The van der Waals surface area contributed by atoms with Crippen LogP contribution in [0.1, 0.15) is 33.2 Å². The molecular formula is C16H14N2O2. The van der Waals surface area contributed by atoms with Crippen molar-refractivity contribution in [2.45, 2.75) is 13.3 Å². The van der Waals surface area contributed by atoms with Crippen LogP contribution >= 0.6 is 0 Å². The van der Waals surface area contributed by atoms with Crippen molar-refractivity contribution in [2.24, 2.45) is 0 Å². The number of anilines is 2. The molecule has 0 spiro atoms. The monoisotopic (exact) mass is 266 g/mol. The summed E-state index contributed by atoms with van der Waals surface area (Å²) in [6, 6.07) is 12.4. The average Bonchev–Trinajstić information content (AvgIpc) is 2.72. The van der Waals surface area contributed by atoms with E-state index in [1.807, 2.05) is 25.1 Å². The number of carbonyl (C=O) groups is 2. The highest BCUT2D eigenvalue weighted by molar-refractivity contribution is 6.36. The molecule has 0 atom stereocenters. The molecule has 0 saturated carbocycles. The van der Waals surface area contributed by atoms with E-state index in [0.29, 0.717) is 22.5 Å². The fourth-order valence-electron chi connectivity index (χ4n) is 2.56. The molecule has 1 aliphatic heterocycles. The number of hydrogen-bond donors (Lipinski definition) is 1. The number of benzene rings is 2. The van der Waals surface area contributed by atoms with Crippen LogP contribution < -0.4 is 10.6 Å². The third kappa shape index (κ3) is 1.61. The maximum atomic E-state index is 12.5. The quantitative estimate of drug-likeness (QED) is 0.671. The molecule has 0 radical (unpaired) electrons. The summed E-state index contributed by atoms with van der Waals surface area (Å²) in [7, 11) is 0. The standard InChI is InChI=1S/C16H14N2O2/c1-2-10-6-3-4-9-13(10)18-15(19)11-7-5-8-12(17)14(11)16(18)20/h3-9H,2,17H2,1H3. The number of imide groups is 1. The summed E-state index contributed by atoms with van der Waals surface area (Å²) in [6.45, 7) is 1.99. The molecule has 0 bridgehead atoms. The van der Waals surface area contributed by atoms with Gasteiger partial charge in [0.2, 0.25) is 0 Å². The maximum absolute atomic E-state index is 12.5. The lowest BCUT2D eigenvalue weighted by molar-refractivity contribution is 0.0926. The van der Waals surface area contributed by atoms with Crippen LogP contribution in [0, 0.1) is 0 Å². The number of fused-ring (bicyclic) bond motifs is 1. The molecule has 0 aromatic heterocycles. The van der Waals surface area contributed by atoms with Crippen molar-refractivity contribution in [1.82, 2.24) is 0 Å². The first-order valence-electron chi connectivity index (χ1n) is 6.50. The van der Waals surface area contributed by atoms with Gasteiger partial charge in [-0.15, -0.1) is 0 Å². The van der Waals surface area contributed by atoms with Crippen molar-refractivity contribution in [2.75, 3.05) is 10.6 Å². The lowest BCUT2D eigenvalue weighted by Gasteiger charge is -2.17. The second kappa shape index (κ2) is 4.49. The number of nitrogens with two attached hydrogens (primary N) is 1. The number of nitrogens with zero attached hydrogens (tertiary/aromatic N) is 1. The van der Waals surface area contributed by atoms with Gasteiger partial charge in [-0.25, -0.2) is 4.90 Å². The minimum atomic E-state index is -0.344. The molecule has 2 aromatic rings. The van der Waals surface area contributed by atoms with Gasteiger partial charge in [-0.3, -0.25) is 9.59 Å². The summed E-state index contributed by atoms with van der Waals surface area (Å²) in [4.78, 5) is 26.2. The van der Waals surface area contributed by atoms with Crippen molar-refractivity contribution in [3.05, 3.63) is 59.2 Å². The Balaban J connectivity index is 2.17. The number of para-hydroxylation sites is 1. The van der Waals surface area contributed by atoms with Gasteiger partial charge in [0, 0.05) is 5.69 Å². The number of carbonyl (C=O) groups excluding carboxylic acids is 2. The SMILES string of the molecule is CCc1ccccc1N1C(=O)c2cccc(N)c2C1=O. The molecule has 0 saturated heterocycles. The molecule has 3 rings (SSSR count). The van der Waals surface area contributed by atoms with Crippen molar-refractivity contribution >= 4 is 23.2 Å². The molecule has 100 valence electrons. The van der Waals surface area contributed by atoms with Crippen molar-refractivity contribution in [3.63, 3.8) is 0 Å². The fraction of sp³-hybridized carbons (Fsp3) is 0.125.